The van der Waals surface area contributed by atoms with E-state index in [-0.39, 0.29) is 4.90 Å². The highest BCUT2D eigenvalue weighted by Gasteiger charge is 2.22. The van der Waals surface area contributed by atoms with Crippen LogP contribution in [-0.4, -0.2) is 67.9 Å². The predicted octanol–water partition coefficient (Wildman–Crippen LogP) is 2.92. The molecule has 4 aromatic rings. The average molecular weight is 569 g/mol. The summed E-state index contributed by atoms with van der Waals surface area (Å²) in [5.41, 5.74) is 3.24. The van der Waals surface area contributed by atoms with Crippen LogP contribution in [0.1, 0.15) is 5.56 Å². The molecule has 1 saturated heterocycles. The number of ether oxygens (including phenoxy) is 2. The van der Waals surface area contributed by atoms with Gasteiger partial charge < -0.3 is 14.4 Å². The molecule has 1 aliphatic rings. The molecule has 5 rings (SSSR count). The molecular formula is C25H24N6O6S2. The first-order valence-corrected chi connectivity index (χ1v) is 14.1. The summed E-state index contributed by atoms with van der Waals surface area (Å²) < 4.78 is 40.5. The van der Waals surface area contributed by atoms with Crippen LogP contribution in [0.4, 0.5) is 10.8 Å². The van der Waals surface area contributed by atoms with E-state index in [0.717, 1.165) is 10.8 Å². The second kappa shape index (κ2) is 11.3. The fourth-order valence-electron chi connectivity index (χ4n) is 3.90. The fourth-order valence-corrected chi connectivity index (χ4v) is 6.25. The Hall–Kier alpha value is -4.11. The lowest BCUT2D eigenvalue weighted by Crippen LogP contribution is -2.36. The van der Waals surface area contributed by atoms with Crippen LogP contribution in [-0.2, 0) is 19.6 Å². The SMILES string of the molecule is COc1ccc(-c2nc(N3CCOCC3)c3sc(NS(=O)(=O)c4cccc(C=CC(=O)NO)c4)cc3n2)cn1. The number of morpholine rings is 1. The Morgan fingerprint density at radius 3 is 2.72 bits per heavy atom. The first-order chi connectivity index (χ1) is 18.9. The van der Waals surface area contributed by atoms with Crippen LogP contribution in [0, 0.1) is 0 Å². The molecule has 0 atom stereocenters. The van der Waals surface area contributed by atoms with Crippen LogP contribution in [0.25, 0.3) is 27.7 Å². The number of carbonyl (C=O) groups excluding carboxylic acids is 1. The zero-order valence-electron chi connectivity index (χ0n) is 20.7. The molecule has 39 heavy (non-hydrogen) atoms. The second-order valence-corrected chi connectivity index (χ2v) is 11.1. The molecule has 1 fully saturated rings. The monoisotopic (exact) mass is 568 g/mol. The molecule has 3 aromatic heterocycles. The van der Waals surface area contributed by atoms with Crippen LogP contribution in [0.3, 0.4) is 0 Å². The van der Waals surface area contributed by atoms with E-state index < -0.39 is 15.9 Å². The van der Waals surface area contributed by atoms with Gasteiger partial charge in [0.2, 0.25) is 5.88 Å². The van der Waals surface area contributed by atoms with E-state index in [9.17, 15) is 13.2 Å². The smallest absolute Gasteiger partial charge is 0.267 e. The lowest BCUT2D eigenvalue weighted by Gasteiger charge is -2.28. The summed E-state index contributed by atoms with van der Waals surface area (Å²) in [6.07, 6.45) is 4.11. The zero-order valence-corrected chi connectivity index (χ0v) is 22.3. The van der Waals surface area contributed by atoms with Crippen LogP contribution in [0.15, 0.2) is 59.6 Å². The number of nitrogens with zero attached hydrogens (tertiary/aromatic N) is 4. The van der Waals surface area contributed by atoms with Gasteiger partial charge in [-0.3, -0.25) is 14.7 Å². The third kappa shape index (κ3) is 5.98. The highest BCUT2D eigenvalue weighted by Crippen LogP contribution is 2.37. The molecule has 0 aliphatic carbocycles. The number of hydrogen-bond donors (Lipinski definition) is 3. The van der Waals surface area contributed by atoms with Gasteiger partial charge in [-0.05, 0) is 35.9 Å². The van der Waals surface area contributed by atoms with E-state index >= 15 is 0 Å². The number of hydrogen-bond acceptors (Lipinski definition) is 11. The summed E-state index contributed by atoms with van der Waals surface area (Å²) in [7, 11) is -2.42. The van der Waals surface area contributed by atoms with E-state index in [1.165, 1.54) is 42.1 Å². The fraction of sp³-hybridized carbons (Fsp3) is 0.200. The first kappa shape index (κ1) is 26.5. The average Bonchev–Trinajstić information content (AvgIpc) is 3.37. The van der Waals surface area contributed by atoms with Crippen molar-refractivity contribution in [3.05, 3.63) is 60.3 Å². The van der Waals surface area contributed by atoms with Gasteiger partial charge in [-0.2, -0.15) is 0 Å². The molecule has 0 unspecified atom stereocenters. The van der Waals surface area contributed by atoms with E-state index in [1.807, 2.05) is 6.07 Å². The molecule has 1 aliphatic heterocycles. The largest absolute Gasteiger partial charge is 0.481 e. The maximum absolute atomic E-state index is 13.2. The number of sulfonamides is 1. The molecule has 202 valence electrons. The number of nitrogens with one attached hydrogen (secondary N) is 2. The number of thiophene rings is 1. The van der Waals surface area contributed by atoms with Crippen molar-refractivity contribution in [2.75, 3.05) is 43.0 Å². The van der Waals surface area contributed by atoms with Gasteiger partial charge in [-0.1, -0.05) is 12.1 Å². The van der Waals surface area contributed by atoms with Gasteiger partial charge in [0, 0.05) is 37.0 Å². The molecule has 14 heteroatoms. The van der Waals surface area contributed by atoms with Crippen molar-refractivity contribution in [1.29, 1.82) is 0 Å². The summed E-state index contributed by atoms with van der Waals surface area (Å²) in [6, 6.07) is 11.3. The predicted molar refractivity (Wildman–Crippen MR) is 146 cm³/mol. The molecule has 12 nitrogen and oxygen atoms in total. The van der Waals surface area contributed by atoms with Crippen LogP contribution < -0.4 is 19.8 Å². The number of amides is 1. The molecule has 4 heterocycles. The number of anilines is 2. The van der Waals surface area contributed by atoms with Crippen molar-refractivity contribution in [2.45, 2.75) is 4.90 Å². The Kier molecular flexibility index (Phi) is 7.70. The van der Waals surface area contributed by atoms with Gasteiger partial charge in [-0.25, -0.2) is 28.8 Å². The molecule has 1 amide bonds. The van der Waals surface area contributed by atoms with Crippen molar-refractivity contribution in [3.8, 4) is 17.3 Å². The lowest BCUT2D eigenvalue weighted by molar-refractivity contribution is -0.124. The summed E-state index contributed by atoms with van der Waals surface area (Å²) >= 11 is 1.24. The first-order valence-electron chi connectivity index (χ1n) is 11.8. The number of benzene rings is 1. The number of hydroxylamine groups is 1. The van der Waals surface area contributed by atoms with Gasteiger partial charge in [0.1, 0.15) is 5.00 Å². The van der Waals surface area contributed by atoms with Crippen LogP contribution in [0.5, 0.6) is 5.88 Å². The Labute approximate surface area is 228 Å². The summed E-state index contributed by atoms with van der Waals surface area (Å²) in [4.78, 5) is 27.2. The Balaban J connectivity index is 1.50. The number of aromatic nitrogens is 3. The highest BCUT2D eigenvalue weighted by molar-refractivity contribution is 7.93. The molecule has 0 spiro atoms. The van der Waals surface area contributed by atoms with Crippen LogP contribution in [0.2, 0.25) is 0 Å². The minimum Gasteiger partial charge on any atom is -0.481 e. The molecule has 0 bridgehead atoms. The molecular weight excluding hydrogens is 544 g/mol. The minimum atomic E-state index is -3.96. The molecule has 0 radical (unpaired) electrons. The maximum Gasteiger partial charge on any atom is 0.267 e. The molecule has 3 N–H and O–H groups in total. The summed E-state index contributed by atoms with van der Waals surface area (Å²) in [5, 5.41) is 9.02. The highest BCUT2D eigenvalue weighted by atomic mass is 32.2. The quantitative estimate of drug-likeness (QED) is 0.164. The van der Waals surface area contributed by atoms with Crippen molar-refractivity contribution in [2.24, 2.45) is 0 Å². The van der Waals surface area contributed by atoms with Gasteiger partial charge >= 0.3 is 0 Å². The van der Waals surface area contributed by atoms with Gasteiger partial charge in [-0.15, -0.1) is 11.3 Å². The van der Waals surface area contributed by atoms with E-state index in [4.69, 9.17) is 24.6 Å². The second-order valence-electron chi connectivity index (χ2n) is 8.37. The number of pyridine rings is 1. The standard InChI is InChI=1S/C25H24N6O6S2/c1-36-21-8-6-17(15-26-21)24-27-19-14-22(38-23(19)25(28-24)31-9-11-37-12-10-31)30-39(34,35)18-4-2-3-16(13-18)5-7-20(32)29-33/h2-8,13-15,30,33H,9-12H2,1H3,(H,29,32). The summed E-state index contributed by atoms with van der Waals surface area (Å²) in [5.74, 6) is 0.891. The Bertz CT molecular complexity index is 1630. The number of fused-ring (bicyclic) bond motifs is 1. The van der Waals surface area contributed by atoms with Crippen molar-refractivity contribution >= 4 is 54.4 Å². The third-order valence-corrected chi connectivity index (χ3v) is 8.34. The number of methoxy groups -OCH3 is 1. The number of rotatable bonds is 8. The van der Waals surface area contributed by atoms with E-state index in [0.29, 0.717) is 65.5 Å². The lowest BCUT2D eigenvalue weighted by atomic mass is 10.2. The zero-order chi connectivity index (χ0) is 27.4. The van der Waals surface area contributed by atoms with Crippen LogP contribution >= 0.6 is 11.3 Å². The normalized spacial score (nSPS) is 14.1. The topological polar surface area (TPSA) is 156 Å². The Morgan fingerprint density at radius 1 is 1.18 bits per heavy atom. The molecule has 1 aromatic carbocycles. The molecule has 0 saturated carbocycles. The third-order valence-electron chi connectivity index (χ3n) is 5.81. The van der Waals surface area contributed by atoms with Crippen molar-refractivity contribution in [1.82, 2.24) is 20.4 Å². The maximum atomic E-state index is 13.2. The summed E-state index contributed by atoms with van der Waals surface area (Å²) in [6.45, 7) is 2.39. The number of carbonyl (C=O) groups is 1. The van der Waals surface area contributed by atoms with Gasteiger partial charge in [0.25, 0.3) is 15.9 Å². The van der Waals surface area contributed by atoms with Gasteiger partial charge in [0.05, 0.1) is 35.4 Å². The van der Waals surface area contributed by atoms with Crippen molar-refractivity contribution < 1.29 is 27.9 Å². The van der Waals surface area contributed by atoms with Crippen molar-refractivity contribution in [3.63, 3.8) is 0 Å². The van der Waals surface area contributed by atoms with E-state index in [2.05, 4.69) is 14.6 Å². The minimum absolute atomic E-state index is 0.0102. The Morgan fingerprint density at radius 2 is 2.00 bits per heavy atom. The van der Waals surface area contributed by atoms with Gasteiger partial charge in [0.15, 0.2) is 11.6 Å². The van der Waals surface area contributed by atoms with E-state index in [1.54, 1.807) is 30.5 Å².